The number of rotatable bonds is 6. The van der Waals surface area contributed by atoms with Crippen molar-refractivity contribution in [3.8, 4) is 0 Å². The van der Waals surface area contributed by atoms with E-state index in [0.717, 1.165) is 5.69 Å². The molecule has 4 amide bonds. The number of hydrogen-bond donors (Lipinski definition) is 4. The Morgan fingerprint density at radius 2 is 1.80 bits per heavy atom. The summed E-state index contributed by atoms with van der Waals surface area (Å²) in [6.45, 7) is 1.17. The molecule has 1 aliphatic heterocycles. The van der Waals surface area contributed by atoms with Crippen LogP contribution in [0.2, 0.25) is 0 Å². The molecule has 25 heavy (non-hydrogen) atoms. The van der Waals surface area contributed by atoms with Gasteiger partial charge >= 0.3 is 6.03 Å². The second-order valence-electron chi connectivity index (χ2n) is 6.07. The van der Waals surface area contributed by atoms with E-state index < -0.39 is 11.4 Å². The molecule has 1 aromatic rings. The number of primary amides is 1. The molecule has 2 rings (SSSR count). The topological polar surface area (TPSA) is 117 Å². The first-order valence-electron chi connectivity index (χ1n) is 8.33. The summed E-state index contributed by atoms with van der Waals surface area (Å²) in [5.74, 6) is -0.459. The number of nitrogens with one attached hydrogen (secondary N) is 3. The van der Waals surface area contributed by atoms with Crippen molar-refractivity contribution in [3.05, 3.63) is 30.3 Å². The van der Waals surface area contributed by atoms with Gasteiger partial charge in [-0.1, -0.05) is 18.2 Å². The van der Waals surface area contributed by atoms with Crippen LogP contribution in [-0.2, 0) is 9.59 Å². The molecule has 0 radical (unpaired) electrons. The number of benzene rings is 1. The predicted molar refractivity (Wildman–Crippen MR) is 94.9 cm³/mol. The molecule has 0 aliphatic carbocycles. The van der Waals surface area contributed by atoms with Crippen LogP contribution in [0.4, 0.5) is 10.5 Å². The molecular weight excluding hydrogens is 322 g/mol. The van der Waals surface area contributed by atoms with Gasteiger partial charge in [-0.15, -0.1) is 0 Å². The number of nitrogens with two attached hydrogens (primary N) is 1. The van der Waals surface area contributed by atoms with Gasteiger partial charge < -0.3 is 26.6 Å². The highest BCUT2D eigenvalue weighted by atomic mass is 16.2. The molecule has 1 saturated heterocycles. The maximum Gasteiger partial charge on any atom is 0.314 e. The predicted octanol–water partition coefficient (Wildman–Crippen LogP) is 0.264. The highest BCUT2D eigenvalue weighted by Gasteiger charge is 2.40. The third-order valence-corrected chi connectivity index (χ3v) is 4.45. The SMILES string of the molecule is CNC(=O)NCCC(=O)N1CCC(Nc2ccccc2)(C(N)=O)CC1. The molecule has 0 unspecified atom stereocenters. The number of piperidine rings is 1. The smallest absolute Gasteiger partial charge is 0.314 e. The molecular formula is C17H25N5O3. The van der Waals surface area contributed by atoms with Crippen LogP contribution in [0.5, 0.6) is 0 Å². The zero-order chi connectivity index (χ0) is 18.3. The van der Waals surface area contributed by atoms with Crippen molar-refractivity contribution in [1.82, 2.24) is 15.5 Å². The van der Waals surface area contributed by atoms with Crippen molar-refractivity contribution in [1.29, 1.82) is 0 Å². The molecule has 0 bridgehead atoms. The van der Waals surface area contributed by atoms with E-state index in [0.29, 0.717) is 25.9 Å². The van der Waals surface area contributed by atoms with E-state index >= 15 is 0 Å². The summed E-state index contributed by atoms with van der Waals surface area (Å²) in [4.78, 5) is 37.1. The Kier molecular flexibility index (Phi) is 6.21. The summed E-state index contributed by atoms with van der Waals surface area (Å²) in [6, 6.07) is 9.12. The molecule has 1 aliphatic rings. The first-order valence-corrected chi connectivity index (χ1v) is 8.33. The van der Waals surface area contributed by atoms with Crippen molar-refractivity contribution in [2.24, 2.45) is 5.73 Å². The van der Waals surface area contributed by atoms with Crippen LogP contribution in [0.25, 0.3) is 0 Å². The zero-order valence-electron chi connectivity index (χ0n) is 14.4. The monoisotopic (exact) mass is 347 g/mol. The van der Waals surface area contributed by atoms with Crippen molar-refractivity contribution in [2.75, 3.05) is 32.0 Å². The lowest BCUT2D eigenvalue weighted by Gasteiger charge is -2.40. The molecule has 1 aromatic carbocycles. The van der Waals surface area contributed by atoms with Gasteiger partial charge in [0.2, 0.25) is 11.8 Å². The standard InChI is InChI=1S/C17H25N5O3/c1-19-16(25)20-10-7-14(23)22-11-8-17(9-12-22,15(18)24)21-13-5-3-2-4-6-13/h2-6,21H,7-12H2,1H3,(H2,18,24)(H2,19,20,25). The van der Waals surface area contributed by atoms with Crippen molar-refractivity contribution in [2.45, 2.75) is 24.8 Å². The molecule has 136 valence electrons. The number of likely N-dealkylation sites (tertiary alicyclic amines) is 1. The van der Waals surface area contributed by atoms with Crippen molar-refractivity contribution in [3.63, 3.8) is 0 Å². The maximum atomic E-state index is 12.2. The number of nitrogens with zero attached hydrogens (tertiary/aromatic N) is 1. The summed E-state index contributed by atoms with van der Waals surface area (Å²) in [5, 5.41) is 8.26. The number of para-hydroxylation sites is 1. The Bertz CT molecular complexity index is 612. The van der Waals surface area contributed by atoms with Gasteiger partial charge in [-0.25, -0.2) is 4.79 Å². The van der Waals surface area contributed by atoms with E-state index in [1.807, 2.05) is 30.3 Å². The van der Waals surface area contributed by atoms with E-state index in [2.05, 4.69) is 16.0 Å². The highest BCUT2D eigenvalue weighted by Crippen LogP contribution is 2.27. The summed E-state index contributed by atoms with van der Waals surface area (Å²) in [7, 11) is 1.52. The van der Waals surface area contributed by atoms with Gasteiger partial charge in [-0.05, 0) is 25.0 Å². The Labute approximate surface area is 147 Å². The van der Waals surface area contributed by atoms with Gasteiger partial charge in [0.25, 0.3) is 0 Å². The van der Waals surface area contributed by atoms with Crippen LogP contribution in [0.15, 0.2) is 30.3 Å². The van der Waals surface area contributed by atoms with E-state index in [-0.39, 0.29) is 24.9 Å². The minimum Gasteiger partial charge on any atom is -0.371 e. The van der Waals surface area contributed by atoms with Gasteiger partial charge in [0.05, 0.1) is 0 Å². The Hall–Kier alpha value is -2.77. The number of carbonyl (C=O) groups is 3. The second-order valence-corrected chi connectivity index (χ2v) is 6.07. The van der Waals surface area contributed by atoms with Crippen LogP contribution in [-0.4, -0.2) is 55.0 Å². The fourth-order valence-electron chi connectivity index (χ4n) is 2.90. The van der Waals surface area contributed by atoms with E-state index in [1.54, 1.807) is 4.90 Å². The van der Waals surface area contributed by atoms with Crippen LogP contribution in [0.1, 0.15) is 19.3 Å². The summed E-state index contributed by atoms with van der Waals surface area (Å²) >= 11 is 0. The molecule has 0 atom stereocenters. The van der Waals surface area contributed by atoms with Crippen LogP contribution in [0.3, 0.4) is 0 Å². The third-order valence-electron chi connectivity index (χ3n) is 4.45. The molecule has 5 N–H and O–H groups in total. The number of amides is 4. The van der Waals surface area contributed by atoms with Gasteiger partial charge in [0.1, 0.15) is 5.54 Å². The lowest BCUT2D eigenvalue weighted by Crippen LogP contribution is -2.58. The summed E-state index contributed by atoms with van der Waals surface area (Å²) in [6.07, 6.45) is 1.13. The summed E-state index contributed by atoms with van der Waals surface area (Å²) in [5.41, 5.74) is 5.62. The van der Waals surface area contributed by atoms with E-state index in [1.165, 1.54) is 7.05 Å². The molecule has 0 saturated carbocycles. The van der Waals surface area contributed by atoms with Gasteiger partial charge in [0.15, 0.2) is 0 Å². The van der Waals surface area contributed by atoms with Gasteiger partial charge in [0, 0.05) is 38.8 Å². The molecule has 0 spiro atoms. The zero-order valence-corrected chi connectivity index (χ0v) is 14.4. The Balaban J connectivity index is 1.90. The minimum atomic E-state index is -0.849. The van der Waals surface area contributed by atoms with Gasteiger partial charge in [-0.3, -0.25) is 9.59 Å². The lowest BCUT2D eigenvalue weighted by molar-refractivity contribution is -0.135. The van der Waals surface area contributed by atoms with E-state index in [4.69, 9.17) is 5.73 Å². The Morgan fingerprint density at radius 3 is 2.36 bits per heavy atom. The fraction of sp³-hybridized carbons (Fsp3) is 0.471. The number of urea groups is 1. The second kappa shape index (κ2) is 8.36. The molecule has 1 fully saturated rings. The van der Waals surface area contributed by atoms with Crippen LogP contribution >= 0.6 is 0 Å². The maximum absolute atomic E-state index is 12.2. The van der Waals surface area contributed by atoms with E-state index in [9.17, 15) is 14.4 Å². The fourth-order valence-corrected chi connectivity index (χ4v) is 2.90. The molecule has 8 heteroatoms. The van der Waals surface area contributed by atoms with Crippen LogP contribution in [0, 0.1) is 0 Å². The van der Waals surface area contributed by atoms with Crippen molar-refractivity contribution >= 4 is 23.5 Å². The lowest BCUT2D eigenvalue weighted by atomic mass is 9.86. The normalized spacial score (nSPS) is 16.0. The number of carbonyl (C=O) groups excluding carboxylic acids is 3. The first-order chi connectivity index (χ1) is 12.0. The Morgan fingerprint density at radius 1 is 1.16 bits per heavy atom. The summed E-state index contributed by atoms with van der Waals surface area (Å²) < 4.78 is 0. The third kappa shape index (κ3) is 4.85. The first kappa shape index (κ1) is 18.6. The highest BCUT2D eigenvalue weighted by molar-refractivity contribution is 5.88. The average molecular weight is 347 g/mol. The molecule has 0 aromatic heterocycles. The molecule has 1 heterocycles. The van der Waals surface area contributed by atoms with Gasteiger partial charge in [-0.2, -0.15) is 0 Å². The quantitative estimate of drug-likeness (QED) is 0.591. The average Bonchev–Trinajstić information content (AvgIpc) is 2.62. The minimum absolute atomic E-state index is 0.0471. The molecule has 8 nitrogen and oxygen atoms in total. The van der Waals surface area contributed by atoms with Crippen LogP contribution < -0.4 is 21.7 Å². The largest absolute Gasteiger partial charge is 0.371 e. The number of hydrogen-bond acceptors (Lipinski definition) is 4. The van der Waals surface area contributed by atoms with Crippen molar-refractivity contribution < 1.29 is 14.4 Å². The number of anilines is 1.